The third kappa shape index (κ3) is 6.97. The number of para-hydroxylation sites is 2. The Labute approximate surface area is 329 Å². The van der Waals surface area contributed by atoms with Crippen molar-refractivity contribution in [3.05, 3.63) is 194 Å². The molecule has 0 spiro atoms. The summed E-state index contributed by atoms with van der Waals surface area (Å²) in [5.74, 6) is 2.12. The van der Waals surface area contributed by atoms with E-state index in [2.05, 4.69) is 72.8 Å². The molecular weight excluding hydrogens is 701 g/mol. The van der Waals surface area contributed by atoms with E-state index in [1.165, 1.54) is 0 Å². The maximum Gasteiger partial charge on any atom is 0.227 e. The van der Waals surface area contributed by atoms with Crippen molar-refractivity contribution in [1.29, 1.82) is 0 Å². The van der Waals surface area contributed by atoms with Crippen LogP contribution in [0.3, 0.4) is 0 Å². The Kier molecular flexibility index (Phi) is 8.70. The lowest BCUT2D eigenvalue weighted by molar-refractivity contribution is 0.620. The number of pyridine rings is 2. The lowest BCUT2D eigenvalue weighted by Crippen LogP contribution is -2.02. The van der Waals surface area contributed by atoms with E-state index in [0.29, 0.717) is 23.4 Å². The molecule has 0 aliphatic rings. The van der Waals surface area contributed by atoms with Crippen LogP contribution in [0.4, 0.5) is 0 Å². The van der Waals surface area contributed by atoms with Crippen molar-refractivity contribution >= 4 is 11.1 Å². The van der Waals surface area contributed by atoms with Gasteiger partial charge in [-0.25, -0.2) is 29.9 Å². The summed E-state index contributed by atoms with van der Waals surface area (Å²) in [5, 5.41) is 0. The summed E-state index contributed by atoms with van der Waals surface area (Å²) < 4.78 is 6.08. The van der Waals surface area contributed by atoms with E-state index in [-0.39, 0.29) is 0 Å². The standard InChI is InChI=1S/C50H32N6O/c1-5-15-33(16-6-1)42-29-39(30-43(51-42)34-17-7-2-8-18-34)48-54-47(37-25-27-38(28-26-37)50-53-41-23-13-14-24-46(41)57-50)55-49(56-48)40-31-44(35-19-9-3-10-20-35)52-45(32-40)36-21-11-4-12-22-36/h1-32H. The van der Waals surface area contributed by atoms with Crippen molar-refractivity contribution in [2.24, 2.45) is 0 Å². The predicted molar refractivity (Wildman–Crippen MR) is 226 cm³/mol. The molecule has 0 radical (unpaired) electrons. The van der Waals surface area contributed by atoms with Crippen LogP contribution < -0.4 is 0 Å². The molecule has 0 saturated heterocycles. The van der Waals surface area contributed by atoms with Gasteiger partial charge in [0.05, 0.1) is 22.8 Å². The molecule has 0 aliphatic carbocycles. The van der Waals surface area contributed by atoms with E-state index in [1.54, 1.807) is 0 Å². The van der Waals surface area contributed by atoms with Gasteiger partial charge in [0.1, 0.15) is 5.52 Å². The van der Waals surface area contributed by atoms with Gasteiger partial charge in [0.2, 0.25) is 5.89 Å². The zero-order valence-electron chi connectivity index (χ0n) is 30.6. The molecule has 10 aromatic rings. The third-order valence-corrected chi connectivity index (χ3v) is 9.76. The molecule has 4 heterocycles. The molecule has 10 rings (SSSR count). The van der Waals surface area contributed by atoms with Crippen molar-refractivity contribution in [2.45, 2.75) is 0 Å². The van der Waals surface area contributed by atoms with E-state index in [1.807, 2.05) is 121 Å². The highest BCUT2D eigenvalue weighted by atomic mass is 16.3. The number of benzene rings is 6. The summed E-state index contributed by atoms with van der Waals surface area (Å²) in [7, 11) is 0. The first-order chi connectivity index (χ1) is 28.2. The van der Waals surface area contributed by atoms with E-state index in [0.717, 1.165) is 78.4 Å². The summed E-state index contributed by atoms with van der Waals surface area (Å²) in [6.07, 6.45) is 0. The van der Waals surface area contributed by atoms with Gasteiger partial charge in [0.15, 0.2) is 23.1 Å². The largest absolute Gasteiger partial charge is 0.436 e. The normalized spacial score (nSPS) is 11.2. The van der Waals surface area contributed by atoms with Gasteiger partial charge in [-0.1, -0.05) is 146 Å². The number of hydrogen-bond acceptors (Lipinski definition) is 7. The van der Waals surface area contributed by atoms with E-state index < -0.39 is 0 Å². The predicted octanol–water partition coefficient (Wildman–Crippen LogP) is 12.1. The van der Waals surface area contributed by atoms with Gasteiger partial charge in [0, 0.05) is 44.5 Å². The molecule has 0 unspecified atom stereocenters. The highest BCUT2D eigenvalue weighted by molar-refractivity contribution is 5.79. The van der Waals surface area contributed by atoms with Crippen LogP contribution in [0, 0.1) is 0 Å². The Morgan fingerprint density at radius 3 is 1.02 bits per heavy atom. The molecule has 7 heteroatoms. The summed E-state index contributed by atoms with van der Waals surface area (Å²) in [4.78, 5) is 30.5. The van der Waals surface area contributed by atoms with Gasteiger partial charge in [-0.3, -0.25) is 0 Å². The highest BCUT2D eigenvalue weighted by Gasteiger charge is 2.18. The van der Waals surface area contributed by atoms with E-state index in [4.69, 9.17) is 34.3 Å². The number of nitrogens with zero attached hydrogens (tertiary/aromatic N) is 6. The minimum absolute atomic E-state index is 0.522. The zero-order chi connectivity index (χ0) is 38.0. The molecule has 0 fully saturated rings. The number of oxazole rings is 1. The average molecular weight is 733 g/mol. The number of aromatic nitrogens is 6. The van der Waals surface area contributed by atoms with Gasteiger partial charge >= 0.3 is 0 Å². The van der Waals surface area contributed by atoms with Gasteiger partial charge in [-0.05, 0) is 48.5 Å². The van der Waals surface area contributed by atoms with Crippen LogP contribution in [-0.4, -0.2) is 29.9 Å². The molecule has 0 aliphatic heterocycles. The Bertz CT molecular complexity index is 2690. The second-order valence-electron chi connectivity index (χ2n) is 13.6. The number of fused-ring (bicyclic) bond motifs is 1. The molecule has 0 bridgehead atoms. The van der Waals surface area contributed by atoms with Crippen LogP contribution >= 0.6 is 0 Å². The summed E-state index contributed by atoms with van der Waals surface area (Å²) >= 11 is 0. The molecule has 6 aromatic carbocycles. The molecular formula is C50H32N6O. The highest BCUT2D eigenvalue weighted by Crippen LogP contribution is 2.34. The minimum Gasteiger partial charge on any atom is -0.436 e. The van der Waals surface area contributed by atoms with Crippen LogP contribution in [-0.2, 0) is 0 Å². The fourth-order valence-corrected chi connectivity index (χ4v) is 6.87. The van der Waals surface area contributed by atoms with Gasteiger partial charge in [-0.15, -0.1) is 0 Å². The van der Waals surface area contributed by atoms with Gasteiger partial charge in [-0.2, -0.15) is 0 Å². The second kappa shape index (κ2) is 14.7. The Balaban J connectivity index is 1.17. The average Bonchev–Trinajstić information content (AvgIpc) is 3.74. The first-order valence-electron chi connectivity index (χ1n) is 18.7. The van der Waals surface area contributed by atoms with Crippen LogP contribution in [0.1, 0.15) is 0 Å². The lowest BCUT2D eigenvalue weighted by Gasteiger charge is -2.13. The molecule has 57 heavy (non-hydrogen) atoms. The summed E-state index contributed by atoms with van der Waals surface area (Å²) in [6, 6.07) is 64.7. The SMILES string of the molecule is c1ccc(-c2cc(-c3nc(-c4ccc(-c5nc6ccccc6o5)cc4)nc(-c4cc(-c5ccccc5)nc(-c5ccccc5)c4)n3)cc(-c3ccccc3)n2)cc1. The van der Waals surface area contributed by atoms with Crippen molar-refractivity contribution in [3.8, 4) is 90.6 Å². The van der Waals surface area contributed by atoms with Crippen molar-refractivity contribution in [1.82, 2.24) is 29.9 Å². The Hall–Kier alpha value is -7.90. The molecule has 0 amide bonds. The topological polar surface area (TPSA) is 90.5 Å². The van der Waals surface area contributed by atoms with E-state index >= 15 is 0 Å². The van der Waals surface area contributed by atoms with Crippen LogP contribution in [0.2, 0.25) is 0 Å². The summed E-state index contributed by atoms with van der Waals surface area (Å²) in [6.45, 7) is 0. The maximum absolute atomic E-state index is 6.08. The van der Waals surface area contributed by atoms with E-state index in [9.17, 15) is 0 Å². The quantitative estimate of drug-likeness (QED) is 0.154. The number of rotatable bonds is 8. The molecule has 0 saturated carbocycles. The first-order valence-corrected chi connectivity index (χ1v) is 18.7. The molecule has 0 atom stereocenters. The van der Waals surface area contributed by atoms with Crippen molar-refractivity contribution in [3.63, 3.8) is 0 Å². The fourth-order valence-electron chi connectivity index (χ4n) is 6.87. The molecule has 0 N–H and O–H groups in total. The van der Waals surface area contributed by atoms with Crippen molar-refractivity contribution in [2.75, 3.05) is 0 Å². The molecule has 268 valence electrons. The smallest absolute Gasteiger partial charge is 0.227 e. The van der Waals surface area contributed by atoms with Crippen LogP contribution in [0.15, 0.2) is 199 Å². The Morgan fingerprint density at radius 2 is 0.614 bits per heavy atom. The van der Waals surface area contributed by atoms with Crippen LogP contribution in [0.5, 0.6) is 0 Å². The first kappa shape index (κ1) is 33.7. The third-order valence-electron chi connectivity index (χ3n) is 9.76. The lowest BCUT2D eigenvalue weighted by atomic mass is 10.0. The minimum atomic E-state index is 0.522. The monoisotopic (exact) mass is 732 g/mol. The van der Waals surface area contributed by atoms with Crippen LogP contribution in [0.25, 0.3) is 102 Å². The zero-order valence-corrected chi connectivity index (χ0v) is 30.6. The maximum atomic E-state index is 6.08. The fraction of sp³-hybridized carbons (Fsp3) is 0. The van der Waals surface area contributed by atoms with Gasteiger partial charge < -0.3 is 4.42 Å². The second-order valence-corrected chi connectivity index (χ2v) is 13.6. The molecule has 4 aromatic heterocycles. The summed E-state index contributed by atoms with van der Waals surface area (Å²) in [5.41, 5.74) is 12.1. The Morgan fingerprint density at radius 1 is 0.263 bits per heavy atom. The molecule has 7 nitrogen and oxygen atoms in total. The van der Waals surface area contributed by atoms with Gasteiger partial charge in [0.25, 0.3) is 0 Å². The van der Waals surface area contributed by atoms with Crippen molar-refractivity contribution < 1.29 is 4.42 Å². The number of hydrogen-bond donors (Lipinski definition) is 0.